The van der Waals surface area contributed by atoms with Gasteiger partial charge in [-0.1, -0.05) is 65.2 Å². The zero-order valence-corrected chi connectivity index (χ0v) is 21.8. The molecule has 2 amide bonds. The van der Waals surface area contributed by atoms with Crippen LogP contribution in [0.5, 0.6) is 0 Å². The summed E-state index contributed by atoms with van der Waals surface area (Å²) in [5.74, 6) is -0.0417. The Hall–Kier alpha value is -1.08. The quantitative estimate of drug-likeness (QED) is 0.0700. The first kappa shape index (κ1) is 31.9. The first-order valence-corrected chi connectivity index (χ1v) is 13.3. The van der Waals surface area contributed by atoms with E-state index in [2.05, 4.69) is 12.2 Å². The molecule has 12 heteroatoms. The zero-order chi connectivity index (χ0) is 26.2. The van der Waals surface area contributed by atoms with Gasteiger partial charge in [0.05, 0.1) is 11.8 Å². The average Bonchev–Trinajstić information content (AvgIpc) is 2.85. The Balaban J connectivity index is 2.89. The first-order valence-electron chi connectivity index (χ1n) is 12.8. The normalized spacial score (nSPS) is 25.3. The van der Waals surface area contributed by atoms with Crippen LogP contribution in [0.25, 0.3) is 0 Å². The highest BCUT2D eigenvalue weighted by molar-refractivity contribution is 6.18. The number of carbonyl (C=O) groups is 1. The summed E-state index contributed by atoms with van der Waals surface area (Å²) in [6.07, 6.45) is 0.137. The van der Waals surface area contributed by atoms with Crippen molar-refractivity contribution in [2.24, 2.45) is 5.29 Å². The van der Waals surface area contributed by atoms with E-state index in [1.54, 1.807) is 0 Å². The summed E-state index contributed by atoms with van der Waals surface area (Å²) < 4.78 is 11.1. The number of aliphatic hydroxyl groups excluding tert-OH is 4. The third-order valence-corrected chi connectivity index (χ3v) is 6.28. The van der Waals surface area contributed by atoms with Crippen LogP contribution in [0, 0.1) is 4.91 Å². The average molecular weight is 526 g/mol. The molecule has 1 fully saturated rings. The molecule has 0 spiro atoms. The molecule has 1 rings (SSSR count). The van der Waals surface area contributed by atoms with Gasteiger partial charge in [0.15, 0.2) is 12.5 Å². The molecule has 1 unspecified atom stereocenters. The van der Waals surface area contributed by atoms with Crippen LogP contribution in [0.3, 0.4) is 0 Å². The third kappa shape index (κ3) is 10.4. The van der Waals surface area contributed by atoms with Crippen LogP contribution in [0.4, 0.5) is 4.79 Å². The van der Waals surface area contributed by atoms with E-state index in [4.69, 9.17) is 21.1 Å². The maximum absolute atomic E-state index is 13.0. The van der Waals surface area contributed by atoms with Crippen molar-refractivity contribution < 1.29 is 34.7 Å². The van der Waals surface area contributed by atoms with Gasteiger partial charge in [-0.05, 0) is 12.8 Å². The van der Waals surface area contributed by atoms with Gasteiger partial charge in [-0.3, -0.25) is 4.90 Å². The van der Waals surface area contributed by atoms with Crippen LogP contribution >= 0.6 is 11.6 Å². The number of hydrogen-bond acceptors (Lipinski definition) is 9. The molecule has 1 heterocycles. The Labute approximate surface area is 213 Å². The fourth-order valence-corrected chi connectivity index (χ4v) is 4.10. The Morgan fingerprint density at radius 3 is 2.11 bits per heavy atom. The number of unbranched alkanes of at least 4 members (excludes halogenated alkanes) is 8. The van der Waals surface area contributed by atoms with E-state index in [-0.39, 0.29) is 25.6 Å². The van der Waals surface area contributed by atoms with Gasteiger partial charge in [-0.15, -0.1) is 16.5 Å². The number of amides is 2. The maximum Gasteiger partial charge on any atom is 0.345 e. The lowest BCUT2D eigenvalue weighted by Gasteiger charge is -2.44. The lowest BCUT2D eigenvalue weighted by molar-refractivity contribution is -0.318. The Morgan fingerprint density at radius 2 is 1.54 bits per heavy atom. The number of carbonyl (C=O) groups excluding carboxylic acids is 1. The van der Waals surface area contributed by atoms with Crippen LogP contribution in [0.15, 0.2) is 5.29 Å². The lowest BCUT2D eigenvalue weighted by atomic mass is 9.97. The molecule has 0 aliphatic carbocycles. The maximum atomic E-state index is 13.0. The van der Waals surface area contributed by atoms with E-state index in [1.807, 2.05) is 6.92 Å². The SMILES string of the molecule is CCCCCCCCCCN(C(=O)N(CCCl)N=O)C(O)[C@H]1O[C@@H](OCCCC)[C@H](O)[C@@H](O)[C@@H]1O. The van der Waals surface area contributed by atoms with Crippen molar-refractivity contribution in [3.05, 3.63) is 4.91 Å². The molecule has 4 N–H and O–H groups in total. The molecule has 0 radical (unpaired) electrons. The molecule has 0 aromatic rings. The standard InChI is InChI=1S/C23H44ClN3O8/c1-3-5-7-8-9-10-11-12-14-26(23(32)27(25-33)15-13-24)21(31)20-18(29)17(28)19(30)22(35-20)34-16-6-4-2/h17-22,28-31H,3-16H2,1-2H3/t17-,18-,19+,20-,21?,22+/m0/s1. The topological polar surface area (TPSA) is 152 Å². The van der Waals surface area contributed by atoms with E-state index >= 15 is 0 Å². The minimum absolute atomic E-state index is 0.0417. The van der Waals surface area contributed by atoms with Gasteiger partial charge in [0.1, 0.15) is 24.4 Å². The molecule has 0 bridgehead atoms. The Morgan fingerprint density at radius 1 is 0.943 bits per heavy atom. The number of ether oxygens (including phenoxy) is 2. The van der Waals surface area contributed by atoms with Gasteiger partial charge in [-0.2, -0.15) is 5.01 Å². The van der Waals surface area contributed by atoms with E-state index in [0.717, 1.165) is 37.0 Å². The van der Waals surface area contributed by atoms with E-state index < -0.39 is 43.0 Å². The molecule has 6 atom stereocenters. The summed E-state index contributed by atoms with van der Waals surface area (Å²) in [5.41, 5.74) is 0. The minimum Gasteiger partial charge on any atom is -0.387 e. The molecule has 206 valence electrons. The van der Waals surface area contributed by atoms with Gasteiger partial charge < -0.3 is 29.9 Å². The van der Waals surface area contributed by atoms with Gasteiger partial charge in [0, 0.05) is 19.0 Å². The predicted molar refractivity (Wildman–Crippen MR) is 131 cm³/mol. The Kier molecular flexibility index (Phi) is 16.6. The van der Waals surface area contributed by atoms with Gasteiger partial charge in [0.25, 0.3) is 0 Å². The molecule has 0 aromatic carbocycles. The molecule has 0 aromatic heterocycles. The van der Waals surface area contributed by atoms with Crippen molar-refractivity contribution >= 4 is 17.6 Å². The highest BCUT2D eigenvalue weighted by Crippen LogP contribution is 2.26. The molecular formula is C23H44ClN3O8. The second-order valence-corrected chi connectivity index (χ2v) is 9.30. The van der Waals surface area contributed by atoms with Crippen molar-refractivity contribution in [2.45, 2.75) is 115 Å². The van der Waals surface area contributed by atoms with E-state index in [9.17, 15) is 30.1 Å². The number of urea groups is 1. The second-order valence-electron chi connectivity index (χ2n) is 8.92. The summed E-state index contributed by atoms with van der Waals surface area (Å²) in [6.45, 7) is 4.25. The van der Waals surface area contributed by atoms with E-state index in [0.29, 0.717) is 17.9 Å². The fraction of sp³-hybridized carbons (Fsp3) is 0.957. The van der Waals surface area contributed by atoms with Crippen LogP contribution in [0.2, 0.25) is 0 Å². The van der Waals surface area contributed by atoms with Gasteiger partial charge in [-0.25, -0.2) is 4.79 Å². The lowest BCUT2D eigenvalue weighted by Crippen LogP contribution is -2.65. The number of hydrogen-bond donors (Lipinski definition) is 4. The molecule has 35 heavy (non-hydrogen) atoms. The molecule has 1 aliphatic rings. The molecule has 11 nitrogen and oxygen atoms in total. The summed E-state index contributed by atoms with van der Waals surface area (Å²) in [5, 5.41) is 45.4. The number of halogens is 1. The largest absolute Gasteiger partial charge is 0.387 e. The number of nitrogens with zero attached hydrogens (tertiary/aromatic N) is 3. The van der Waals surface area contributed by atoms with Crippen molar-refractivity contribution in [3.8, 4) is 0 Å². The first-order chi connectivity index (χ1) is 16.8. The summed E-state index contributed by atoms with van der Waals surface area (Å²) in [7, 11) is 0. The van der Waals surface area contributed by atoms with Crippen LogP contribution in [0.1, 0.15) is 78.1 Å². The molecule has 1 aliphatic heterocycles. The highest BCUT2D eigenvalue weighted by atomic mass is 35.5. The predicted octanol–water partition coefficient (Wildman–Crippen LogP) is 2.71. The fourth-order valence-electron chi connectivity index (χ4n) is 3.94. The number of nitroso groups, excluding NO2 is 1. The summed E-state index contributed by atoms with van der Waals surface area (Å²) in [6, 6.07) is -0.893. The minimum atomic E-state index is -1.74. The molecule has 1 saturated heterocycles. The van der Waals surface area contributed by atoms with Crippen molar-refractivity contribution in [2.75, 3.05) is 25.6 Å². The van der Waals surface area contributed by atoms with Crippen molar-refractivity contribution in [3.63, 3.8) is 0 Å². The van der Waals surface area contributed by atoms with Crippen LogP contribution in [-0.4, -0.2) is 98.9 Å². The number of rotatable bonds is 18. The van der Waals surface area contributed by atoms with E-state index in [1.165, 1.54) is 19.3 Å². The van der Waals surface area contributed by atoms with Crippen molar-refractivity contribution in [1.29, 1.82) is 0 Å². The van der Waals surface area contributed by atoms with Crippen LogP contribution < -0.4 is 0 Å². The number of alkyl halides is 1. The van der Waals surface area contributed by atoms with Gasteiger partial charge >= 0.3 is 6.03 Å². The molecular weight excluding hydrogens is 482 g/mol. The zero-order valence-electron chi connectivity index (χ0n) is 21.0. The summed E-state index contributed by atoms with van der Waals surface area (Å²) >= 11 is 5.67. The smallest absolute Gasteiger partial charge is 0.345 e. The highest BCUT2D eigenvalue weighted by Gasteiger charge is 2.49. The van der Waals surface area contributed by atoms with Crippen LogP contribution in [-0.2, 0) is 9.47 Å². The monoisotopic (exact) mass is 525 g/mol. The number of aliphatic hydroxyl groups is 4. The Bertz CT molecular complexity index is 591. The molecule has 0 saturated carbocycles. The summed E-state index contributed by atoms with van der Waals surface area (Å²) in [4.78, 5) is 25.2. The van der Waals surface area contributed by atoms with Gasteiger partial charge in [0.2, 0.25) is 0 Å². The second kappa shape index (κ2) is 18.2. The van der Waals surface area contributed by atoms with Crippen molar-refractivity contribution in [1.82, 2.24) is 9.91 Å². The third-order valence-electron chi connectivity index (χ3n) is 6.11.